The summed E-state index contributed by atoms with van der Waals surface area (Å²) in [4.78, 5) is 10.7. The molecule has 4 heteroatoms. The Morgan fingerprint density at radius 1 is 1.14 bits per heavy atom. The van der Waals surface area contributed by atoms with Gasteiger partial charge in [0.2, 0.25) is 0 Å². The van der Waals surface area contributed by atoms with Crippen molar-refractivity contribution in [1.82, 2.24) is 0 Å². The highest BCUT2D eigenvalue weighted by molar-refractivity contribution is 5.88. The molecule has 0 N–H and O–H groups in total. The van der Waals surface area contributed by atoms with Gasteiger partial charge in [0.25, 0.3) is 0 Å². The molecule has 4 nitrogen and oxygen atoms in total. The van der Waals surface area contributed by atoms with Crippen LogP contribution >= 0.6 is 0 Å². The molecule has 1 atom stereocenters. The van der Waals surface area contributed by atoms with E-state index >= 15 is 0 Å². The van der Waals surface area contributed by atoms with Gasteiger partial charge in [0.1, 0.15) is 0 Å². The maximum Gasteiger partial charge on any atom is 0.384 e. The van der Waals surface area contributed by atoms with E-state index in [1.807, 2.05) is 0 Å². The van der Waals surface area contributed by atoms with Crippen LogP contribution in [0.4, 0.5) is 0 Å². The number of carbonyl (C=O) groups excluding carboxylic acids is 1. The summed E-state index contributed by atoms with van der Waals surface area (Å²) < 4.78 is 15.7. The molecule has 1 aliphatic heterocycles. The second-order valence-electron chi connectivity index (χ2n) is 5.33. The van der Waals surface area contributed by atoms with Crippen molar-refractivity contribution in [2.24, 2.45) is 0 Å². The Kier molecular flexibility index (Phi) is 10.9. The van der Waals surface area contributed by atoms with Gasteiger partial charge in [0, 0.05) is 25.6 Å². The van der Waals surface area contributed by atoms with Crippen molar-refractivity contribution < 1.29 is 19.0 Å². The first kappa shape index (κ1) is 18.0. The van der Waals surface area contributed by atoms with Gasteiger partial charge in [-0.2, -0.15) is 0 Å². The van der Waals surface area contributed by atoms with Crippen LogP contribution in [0.25, 0.3) is 0 Å². The molecule has 0 aliphatic carbocycles. The number of ether oxygens (including phenoxy) is 3. The van der Waals surface area contributed by atoms with Crippen molar-refractivity contribution in [2.45, 2.75) is 70.5 Å². The van der Waals surface area contributed by atoms with Crippen LogP contribution in [0.15, 0.2) is 0 Å². The summed E-state index contributed by atoms with van der Waals surface area (Å²) >= 11 is 0. The number of hydrogen-bond donors (Lipinski definition) is 0. The number of methoxy groups -OCH3 is 1. The van der Waals surface area contributed by atoms with Gasteiger partial charge in [-0.1, -0.05) is 31.6 Å². The lowest BCUT2D eigenvalue weighted by molar-refractivity contribution is -0.162. The van der Waals surface area contributed by atoms with Crippen LogP contribution < -0.4 is 0 Å². The van der Waals surface area contributed by atoms with Crippen LogP contribution in [0.3, 0.4) is 0 Å². The van der Waals surface area contributed by atoms with E-state index < -0.39 is 5.97 Å². The summed E-state index contributed by atoms with van der Waals surface area (Å²) in [5.41, 5.74) is 0. The van der Waals surface area contributed by atoms with Gasteiger partial charge in [0.15, 0.2) is 6.29 Å². The molecule has 1 aliphatic rings. The minimum absolute atomic E-state index is 0.0483. The highest BCUT2D eigenvalue weighted by Crippen LogP contribution is 2.14. The molecule has 1 fully saturated rings. The molecule has 1 saturated heterocycles. The molecule has 21 heavy (non-hydrogen) atoms. The van der Waals surface area contributed by atoms with Crippen molar-refractivity contribution in [2.75, 3.05) is 20.3 Å². The van der Waals surface area contributed by atoms with E-state index in [1.165, 1.54) is 45.6 Å². The number of rotatable bonds is 9. The van der Waals surface area contributed by atoms with Crippen LogP contribution in [-0.4, -0.2) is 32.6 Å². The third-order valence-electron chi connectivity index (χ3n) is 3.51. The van der Waals surface area contributed by atoms with E-state index in [0.717, 1.165) is 38.9 Å². The first-order valence-corrected chi connectivity index (χ1v) is 8.13. The first-order valence-electron chi connectivity index (χ1n) is 8.13. The van der Waals surface area contributed by atoms with Crippen molar-refractivity contribution in [3.8, 4) is 11.8 Å². The zero-order valence-electron chi connectivity index (χ0n) is 13.2. The fourth-order valence-electron chi connectivity index (χ4n) is 2.27. The Morgan fingerprint density at radius 2 is 1.90 bits per heavy atom. The molecule has 0 saturated carbocycles. The van der Waals surface area contributed by atoms with Gasteiger partial charge in [-0.3, -0.25) is 0 Å². The quantitative estimate of drug-likeness (QED) is 0.283. The number of unbranched alkanes of at least 4 members (excludes halogenated alkanes) is 6. The summed E-state index contributed by atoms with van der Waals surface area (Å²) in [7, 11) is 1.35. The van der Waals surface area contributed by atoms with Gasteiger partial charge in [0.05, 0.1) is 7.11 Å². The zero-order valence-corrected chi connectivity index (χ0v) is 13.2. The van der Waals surface area contributed by atoms with E-state index in [4.69, 9.17) is 9.47 Å². The Balaban J connectivity index is 1.79. The molecule has 120 valence electrons. The lowest BCUT2D eigenvalue weighted by atomic mass is 10.1. The topological polar surface area (TPSA) is 44.8 Å². The summed E-state index contributed by atoms with van der Waals surface area (Å²) in [5.74, 6) is 4.82. The number of hydrogen-bond acceptors (Lipinski definition) is 4. The average Bonchev–Trinajstić information content (AvgIpc) is 2.53. The van der Waals surface area contributed by atoms with Crippen molar-refractivity contribution in [3.05, 3.63) is 0 Å². The van der Waals surface area contributed by atoms with Crippen molar-refractivity contribution >= 4 is 5.97 Å². The van der Waals surface area contributed by atoms with Crippen LogP contribution in [0.5, 0.6) is 0 Å². The molecule has 0 aromatic carbocycles. The van der Waals surface area contributed by atoms with Gasteiger partial charge < -0.3 is 14.2 Å². The van der Waals surface area contributed by atoms with Gasteiger partial charge in [-0.25, -0.2) is 4.79 Å². The largest absolute Gasteiger partial charge is 0.459 e. The highest BCUT2D eigenvalue weighted by Gasteiger charge is 2.13. The molecule has 1 heterocycles. The third kappa shape index (κ3) is 10.3. The lowest BCUT2D eigenvalue weighted by Crippen LogP contribution is -2.22. The summed E-state index contributed by atoms with van der Waals surface area (Å²) in [6.45, 7) is 1.67. The third-order valence-corrected chi connectivity index (χ3v) is 3.51. The van der Waals surface area contributed by atoms with Crippen molar-refractivity contribution in [1.29, 1.82) is 0 Å². The van der Waals surface area contributed by atoms with E-state index in [-0.39, 0.29) is 6.29 Å². The molecular formula is C17H28O4. The molecule has 0 aromatic rings. The van der Waals surface area contributed by atoms with E-state index in [1.54, 1.807) is 0 Å². The minimum atomic E-state index is -0.447. The maximum absolute atomic E-state index is 10.7. The normalized spacial score (nSPS) is 17.9. The summed E-state index contributed by atoms with van der Waals surface area (Å²) in [6, 6.07) is 0. The van der Waals surface area contributed by atoms with Crippen LogP contribution in [0.1, 0.15) is 64.2 Å². The zero-order chi connectivity index (χ0) is 15.2. The van der Waals surface area contributed by atoms with E-state index in [2.05, 4.69) is 16.6 Å². The molecule has 1 rings (SSSR count). The predicted octanol–water partition coefficient (Wildman–Crippen LogP) is 3.44. The van der Waals surface area contributed by atoms with Crippen LogP contribution in [-0.2, 0) is 19.0 Å². The lowest BCUT2D eigenvalue weighted by Gasteiger charge is -2.22. The molecule has 1 unspecified atom stereocenters. The van der Waals surface area contributed by atoms with E-state index in [0.29, 0.717) is 0 Å². The second kappa shape index (κ2) is 12.7. The van der Waals surface area contributed by atoms with Crippen molar-refractivity contribution in [3.63, 3.8) is 0 Å². The average molecular weight is 296 g/mol. The summed E-state index contributed by atoms with van der Waals surface area (Å²) in [5, 5.41) is 0. The molecule has 0 bridgehead atoms. The fraction of sp³-hybridized carbons (Fsp3) is 0.824. The molecular weight excluding hydrogens is 268 g/mol. The smallest absolute Gasteiger partial charge is 0.384 e. The Hall–Kier alpha value is -1.05. The second-order valence-corrected chi connectivity index (χ2v) is 5.33. The Morgan fingerprint density at radius 3 is 2.62 bits per heavy atom. The van der Waals surface area contributed by atoms with E-state index in [9.17, 15) is 4.79 Å². The predicted molar refractivity (Wildman–Crippen MR) is 81.7 cm³/mol. The molecule has 0 amide bonds. The van der Waals surface area contributed by atoms with Gasteiger partial charge in [-0.05, 0) is 32.1 Å². The summed E-state index contributed by atoms with van der Waals surface area (Å²) in [6.07, 6.45) is 11.3. The van der Waals surface area contributed by atoms with Gasteiger partial charge >= 0.3 is 5.97 Å². The highest BCUT2D eigenvalue weighted by atomic mass is 16.7. The standard InChI is InChI=1S/C17H28O4/c1-19-16(18)12-8-6-4-2-3-5-7-10-14-20-17-13-9-11-15-21-17/h17H,2-7,9-11,13-15H2,1H3. The minimum Gasteiger partial charge on any atom is -0.459 e. The van der Waals surface area contributed by atoms with Gasteiger partial charge in [-0.15, -0.1) is 0 Å². The Labute approximate surface area is 128 Å². The molecule has 0 spiro atoms. The molecule has 0 aromatic heterocycles. The number of esters is 1. The van der Waals surface area contributed by atoms with Crippen LogP contribution in [0, 0.1) is 11.8 Å². The monoisotopic (exact) mass is 296 g/mol. The SMILES string of the molecule is COC(=O)C#CCCCCCCCCOC1CCCCO1. The molecule has 0 radical (unpaired) electrons. The Bertz CT molecular complexity index is 323. The maximum atomic E-state index is 10.7. The first-order chi connectivity index (χ1) is 10.3. The number of carbonyl (C=O) groups is 1. The fourth-order valence-corrected chi connectivity index (χ4v) is 2.27. The van der Waals surface area contributed by atoms with Crippen LogP contribution in [0.2, 0.25) is 0 Å².